The molecule has 0 aliphatic heterocycles. The minimum absolute atomic E-state index is 0.100. The van der Waals surface area contributed by atoms with Crippen LogP contribution in [0.25, 0.3) is 11.1 Å². The van der Waals surface area contributed by atoms with Crippen LogP contribution in [0.5, 0.6) is 17.2 Å². The summed E-state index contributed by atoms with van der Waals surface area (Å²) in [7, 11) is 0. The predicted octanol–water partition coefficient (Wildman–Crippen LogP) is 5.64. The van der Waals surface area contributed by atoms with Crippen LogP contribution in [0, 0.1) is 5.82 Å². The van der Waals surface area contributed by atoms with Crippen LogP contribution in [0.3, 0.4) is 0 Å². The molecule has 3 aromatic carbocycles. The van der Waals surface area contributed by atoms with E-state index >= 15 is 0 Å². The molecule has 188 valence electrons. The summed E-state index contributed by atoms with van der Waals surface area (Å²) in [5.74, 6) is 1.91. The van der Waals surface area contributed by atoms with Gasteiger partial charge >= 0.3 is 0 Å². The fourth-order valence-corrected chi connectivity index (χ4v) is 4.10. The highest BCUT2D eigenvalue weighted by Gasteiger charge is 2.27. The fourth-order valence-electron chi connectivity index (χ4n) is 4.10. The summed E-state index contributed by atoms with van der Waals surface area (Å²) in [6.45, 7) is 7.11. The van der Waals surface area contributed by atoms with Gasteiger partial charge in [-0.1, -0.05) is 56.3 Å². The molecule has 4 aromatic rings. The second kappa shape index (κ2) is 11.2. The standard InChI is InChI=1S/C28H31FN4O3/c1-4-19-16-23(20-10-12-22(29)13-11-20)24(34)17-26(19)36-15-7-14-35-25-9-6-5-8-21(25)18-28(2,3)27-30-32-33-31-27/h5-6,8-13,16-17,34H,4,7,14-15,18H2,1-3H3,(H,30,31,32,33). The number of tetrazole rings is 1. The average molecular weight is 491 g/mol. The van der Waals surface area contributed by atoms with E-state index in [1.54, 1.807) is 18.2 Å². The number of aromatic hydroxyl groups is 1. The molecule has 2 N–H and O–H groups in total. The van der Waals surface area contributed by atoms with E-state index in [-0.39, 0.29) is 17.0 Å². The Morgan fingerprint density at radius 3 is 2.36 bits per heavy atom. The quantitative estimate of drug-likeness (QED) is 0.264. The van der Waals surface area contributed by atoms with Gasteiger partial charge in [0.05, 0.1) is 13.2 Å². The van der Waals surface area contributed by atoms with Crippen molar-refractivity contribution in [3.63, 3.8) is 0 Å². The van der Waals surface area contributed by atoms with E-state index in [0.717, 1.165) is 28.9 Å². The van der Waals surface area contributed by atoms with Gasteiger partial charge in [-0.05, 0) is 53.8 Å². The number of para-hydroxylation sites is 1. The molecule has 0 saturated heterocycles. The lowest BCUT2D eigenvalue weighted by Crippen LogP contribution is -2.23. The molecular formula is C28H31FN4O3. The maximum atomic E-state index is 13.3. The number of phenolic OH excluding ortho intramolecular Hbond substituents is 1. The number of rotatable bonds is 11. The maximum Gasteiger partial charge on any atom is 0.180 e. The Morgan fingerprint density at radius 1 is 0.944 bits per heavy atom. The number of ether oxygens (including phenoxy) is 2. The molecule has 4 rings (SSSR count). The summed E-state index contributed by atoms with van der Waals surface area (Å²) in [5.41, 5.74) is 3.16. The first-order chi connectivity index (χ1) is 17.4. The zero-order chi connectivity index (χ0) is 25.5. The summed E-state index contributed by atoms with van der Waals surface area (Å²) in [6, 6.07) is 17.6. The summed E-state index contributed by atoms with van der Waals surface area (Å²) in [6.07, 6.45) is 2.12. The van der Waals surface area contributed by atoms with Gasteiger partial charge in [0.1, 0.15) is 23.1 Å². The molecule has 0 unspecified atom stereocenters. The Balaban J connectivity index is 1.34. The highest BCUT2D eigenvalue weighted by Crippen LogP contribution is 2.36. The van der Waals surface area contributed by atoms with Gasteiger partial charge in [-0.25, -0.2) is 4.39 Å². The van der Waals surface area contributed by atoms with E-state index in [2.05, 4.69) is 34.5 Å². The smallest absolute Gasteiger partial charge is 0.180 e. The van der Waals surface area contributed by atoms with Crippen molar-refractivity contribution in [1.82, 2.24) is 20.6 Å². The summed E-state index contributed by atoms with van der Waals surface area (Å²) >= 11 is 0. The highest BCUT2D eigenvalue weighted by atomic mass is 19.1. The van der Waals surface area contributed by atoms with Gasteiger partial charge in [0.15, 0.2) is 5.82 Å². The van der Waals surface area contributed by atoms with E-state index in [1.807, 2.05) is 37.3 Å². The van der Waals surface area contributed by atoms with E-state index in [9.17, 15) is 9.50 Å². The van der Waals surface area contributed by atoms with Crippen molar-refractivity contribution in [1.29, 1.82) is 0 Å². The van der Waals surface area contributed by atoms with E-state index in [4.69, 9.17) is 9.47 Å². The van der Waals surface area contributed by atoms with Gasteiger partial charge in [0, 0.05) is 23.5 Å². The Bertz CT molecular complexity index is 1270. The molecule has 1 aromatic heterocycles. The van der Waals surface area contributed by atoms with Crippen molar-refractivity contribution in [2.24, 2.45) is 0 Å². The first-order valence-electron chi connectivity index (χ1n) is 12.1. The van der Waals surface area contributed by atoms with Gasteiger partial charge in [0.25, 0.3) is 0 Å². The number of benzene rings is 3. The Morgan fingerprint density at radius 2 is 1.67 bits per heavy atom. The minimum atomic E-state index is -0.311. The lowest BCUT2D eigenvalue weighted by molar-refractivity contribution is 0.244. The fraction of sp³-hybridized carbons (Fsp3) is 0.321. The second-order valence-corrected chi connectivity index (χ2v) is 9.29. The third-order valence-electron chi connectivity index (χ3n) is 6.07. The van der Waals surface area contributed by atoms with E-state index in [0.29, 0.717) is 43.2 Å². The van der Waals surface area contributed by atoms with E-state index in [1.165, 1.54) is 12.1 Å². The van der Waals surface area contributed by atoms with E-state index < -0.39 is 0 Å². The molecule has 36 heavy (non-hydrogen) atoms. The monoisotopic (exact) mass is 490 g/mol. The molecule has 0 saturated carbocycles. The zero-order valence-electron chi connectivity index (χ0n) is 20.8. The van der Waals surface area contributed by atoms with Gasteiger partial charge in [-0.2, -0.15) is 5.21 Å². The number of phenols is 1. The number of aryl methyl sites for hydroxylation is 1. The molecule has 0 fully saturated rings. The van der Waals surface area contributed by atoms with Crippen molar-refractivity contribution in [2.75, 3.05) is 13.2 Å². The molecule has 0 bridgehead atoms. The number of halogens is 1. The summed E-state index contributed by atoms with van der Waals surface area (Å²) < 4.78 is 25.3. The van der Waals surface area contributed by atoms with Crippen LogP contribution in [-0.4, -0.2) is 38.9 Å². The predicted molar refractivity (Wildman–Crippen MR) is 136 cm³/mol. The normalized spacial score (nSPS) is 11.4. The number of hydrogen-bond donors (Lipinski definition) is 2. The van der Waals surface area contributed by atoms with Crippen LogP contribution in [0.15, 0.2) is 60.7 Å². The van der Waals surface area contributed by atoms with Gasteiger partial charge in [0.2, 0.25) is 0 Å². The highest BCUT2D eigenvalue weighted by molar-refractivity contribution is 5.72. The second-order valence-electron chi connectivity index (χ2n) is 9.29. The molecular weight excluding hydrogens is 459 g/mol. The van der Waals surface area contributed by atoms with Gasteiger partial charge < -0.3 is 14.6 Å². The number of nitrogens with one attached hydrogen (secondary N) is 1. The molecule has 1 heterocycles. The zero-order valence-corrected chi connectivity index (χ0v) is 20.8. The molecule has 0 aliphatic rings. The molecule has 8 heteroatoms. The van der Waals surface area contributed by atoms with Crippen molar-refractivity contribution in [2.45, 2.75) is 45.4 Å². The van der Waals surface area contributed by atoms with Crippen molar-refractivity contribution in [3.8, 4) is 28.4 Å². The van der Waals surface area contributed by atoms with Crippen LogP contribution in [0.4, 0.5) is 4.39 Å². The maximum absolute atomic E-state index is 13.3. The van der Waals surface area contributed by atoms with Gasteiger partial charge in [-0.3, -0.25) is 0 Å². The topological polar surface area (TPSA) is 93.1 Å². The van der Waals surface area contributed by atoms with Crippen molar-refractivity contribution < 1.29 is 19.0 Å². The molecule has 0 amide bonds. The largest absolute Gasteiger partial charge is 0.507 e. The number of aromatic nitrogens is 4. The molecule has 0 radical (unpaired) electrons. The van der Waals surface area contributed by atoms with Crippen LogP contribution in [0.1, 0.15) is 44.1 Å². The number of aromatic amines is 1. The first-order valence-corrected chi connectivity index (χ1v) is 12.1. The Kier molecular flexibility index (Phi) is 7.83. The minimum Gasteiger partial charge on any atom is -0.507 e. The summed E-state index contributed by atoms with van der Waals surface area (Å²) in [4.78, 5) is 0. The lowest BCUT2D eigenvalue weighted by Gasteiger charge is -2.22. The van der Waals surface area contributed by atoms with Crippen LogP contribution >= 0.6 is 0 Å². The number of nitrogens with zero attached hydrogens (tertiary/aromatic N) is 3. The lowest BCUT2D eigenvalue weighted by atomic mass is 9.85. The third-order valence-corrected chi connectivity index (χ3v) is 6.07. The molecule has 0 aliphatic carbocycles. The molecule has 0 atom stereocenters. The molecule has 0 spiro atoms. The Hall–Kier alpha value is -3.94. The average Bonchev–Trinajstić information content (AvgIpc) is 3.42. The SMILES string of the molecule is CCc1cc(-c2ccc(F)cc2)c(O)cc1OCCCOc1ccccc1CC(C)(C)c1nn[nH]n1. The summed E-state index contributed by atoms with van der Waals surface area (Å²) in [5, 5.41) is 25.0. The first kappa shape index (κ1) is 25.2. The van der Waals surface area contributed by atoms with Crippen LogP contribution < -0.4 is 9.47 Å². The molecule has 7 nitrogen and oxygen atoms in total. The number of hydrogen-bond acceptors (Lipinski definition) is 6. The number of H-pyrrole nitrogens is 1. The van der Waals surface area contributed by atoms with Gasteiger partial charge in [-0.15, -0.1) is 10.2 Å². The van der Waals surface area contributed by atoms with Crippen molar-refractivity contribution in [3.05, 3.63) is 83.4 Å². The Labute approximate surface area is 210 Å². The van der Waals surface area contributed by atoms with Crippen LogP contribution in [0.2, 0.25) is 0 Å². The van der Waals surface area contributed by atoms with Crippen LogP contribution in [-0.2, 0) is 18.3 Å². The third kappa shape index (κ3) is 6.00. The van der Waals surface area contributed by atoms with Crippen molar-refractivity contribution >= 4 is 0 Å².